The normalized spacial score (nSPS) is 11.2. The van der Waals surface area contributed by atoms with Crippen LogP contribution in [0.25, 0.3) is 16.6 Å². The third kappa shape index (κ3) is 2.19. The first kappa shape index (κ1) is 13.4. The lowest BCUT2D eigenvalue weighted by atomic mass is 10.3. The van der Waals surface area contributed by atoms with Crippen LogP contribution in [-0.2, 0) is 0 Å². The first-order valence-electron chi connectivity index (χ1n) is 6.71. The third-order valence-corrected chi connectivity index (χ3v) is 4.18. The molecule has 0 amide bonds. The van der Waals surface area contributed by atoms with E-state index in [2.05, 4.69) is 9.38 Å². The predicted octanol–water partition coefficient (Wildman–Crippen LogP) is 5.59. The van der Waals surface area contributed by atoms with Gasteiger partial charge < -0.3 is 9.14 Å². The monoisotopic (exact) mass is 328 g/mol. The summed E-state index contributed by atoms with van der Waals surface area (Å²) in [7, 11) is 0. The molecule has 0 bridgehead atoms. The van der Waals surface area contributed by atoms with Gasteiger partial charge >= 0.3 is 0 Å². The second kappa shape index (κ2) is 5.20. The summed E-state index contributed by atoms with van der Waals surface area (Å²) in [4.78, 5) is 4.60. The van der Waals surface area contributed by atoms with Crippen LogP contribution < -0.4 is 4.74 Å². The number of nitrogens with zero attached hydrogens (tertiary/aromatic N) is 2. The molecular weight excluding hydrogens is 319 g/mol. The van der Waals surface area contributed by atoms with Gasteiger partial charge in [-0.05, 0) is 36.4 Å². The van der Waals surface area contributed by atoms with Crippen LogP contribution in [0.1, 0.15) is 0 Å². The van der Waals surface area contributed by atoms with Crippen molar-refractivity contribution in [2.24, 2.45) is 0 Å². The summed E-state index contributed by atoms with van der Waals surface area (Å²) >= 11 is 12.0. The molecular formula is C17H10Cl2N2O. The van der Waals surface area contributed by atoms with Crippen LogP contribution >= 0.6 is 23.2 Å². The topological polar surface area (TPSA) is 26.5 Å². The van der Waals surface area contributed by atoms with E-state index in [1.165, 1.54) is 0 Å². The van der Waals surface area contributed by atoms with E-state index in [0.717, 1.165) is 16.6 Å². The number of hydrogen-bond donors (Lipinski definition) is 0. The van der Waals surface area contributed by atoms with Crippen LogP contribution in [0.15, 0.2) is 60.8 Å². The number of fused-ring (bicyclic) bond motifs is 3. The maximum absolute atomic E-state index is 6.03. The van der Waals surface area contributed by atoms with Gasteiger partial charge in [-0.15, -0.1) is 0 Å². The van der Waals surface area contributed by atoms with Gasteiger partial charge in [-0.25, -0.2) is 4.98 Å². The summed E-state index contributed by atoms with van der Waals surface area (Å²) in [5.41, 5.74) is 2.79. The molecule has 4 aromatic rings. The lowest BCUT2D eigenvalue weighted by Crippen LogP contribution is -1.95. The minimum atomic E-state index is 0.450. The van der Waals surface area contributed by atoms with E-state index in [1.54, 1.807) is 18.2 Å². The lowest BCUT2D eigenvalue weighted by Gasteiger charge is -2.10. The molecule has 0 unspecified atom stereocenters. The van der Waals surface area contributed by atoms with Gasteiger partial charge in [0.2, 0.25) is 5.88 Å². The molecule has 0 radical (unpaired) electrons. The average Bonchev–Trinajstić information content (AvgIpc) is 3.01. The summed E-state index contributed by atoms with van der Waals surface area (Å²) in [6, 6.07) is 17.0. The van der Waals surface area contributed by atoms with Gasteiger partial charge in [-0.2, -0.15) is 0 Å². The SMILES string of the molecule is Clc1ccc(Oc2nc3ccccc3n3cccc23)cc1Cl. The molecule has 0 spiro atoms. The molecule has 2 aromatic carbocycles. The summed E-state index contributed by atoms with van der Waals surface area (Å²) in [5, 5.41) is 0.944. The zero-order chi connectivity index (χ0) is 15.1. The van der Waals surface area contributed by atoms with Crippen molar-refractivity contribution in [3.63, 3.8) is 0 Å². The fraction of sp³-hybridized carbons (Fsp3) is 0. The Morgan fingerprint density at radius 3 is 2.55 bits per heavy atom. The standard InChI is InChI=1S/C17H10Cl2N2O/c18-12-8-7-11(10-13(12)19)22-17-16-6-3-9-21(16)15-5-2-1-4-14(15)20-17/h1-10H. The predicted molar refractivity (Wildman–Crippen MR) is 89.2 cm³/mol. The first-order chi connectivity index (χ1) is 10.7. The molecule has 108 valence electrons. The highest BCUT2D eigenvalue weighted by Crippen LogP contribution is 2.31. The van der Waals surface area contributed by atoms with E-state index in [4.69, 9.17) is 27.9 Å². The number of para-hydroxylation sites is 2. The molecule has 22 heavy (non-hydrogen) atoms. The van der Waals surface area contributed by atoms with Gasteiger partial charge in [0.25, 0.3) is 0 Å². The van der Waals surface area contributed by atoms with Crippen LogP contribution in [0.2, 0.25) is 10.0 Å². The lowest BCUT2D eigenvalue weighted by molar-refractivity contribution is 0.469. The van der Waals surface area contributed by atoms with E-state index in [-0.39, 0.29) is 0 Å². The summed E-state index contributed by atoms with van der Waals surface area (Å²) < 4.78 is 7.97. The number of benzene rings is 2. The molecule has 0 atom stereocenters. The number of ether oxygens (including phenoxy) is 1. The van der Waals surface area contributed by atoms with Crippen molar-refractivity contribution in [3.8, 4) is 11.6 Å². The minimum Gasteiger partial charge on any atom is -0.437 e. The molecule has 0 aliphatic rings. The van der Waals surface area contributed by atoms with E-state index in [1.807, 2.05) is 42.6 Å². The fourth-order valence-corrected chi connectivity index (χ4v) is 2.71. The Bertz CT molecular complexity index is 994. The number of rotatable bonds is 2. The Morgan fingerprint density at radius 2 is 1.68 bits per heavy atom. The van der Waals surface area contributed by atoms with E-state index in [0.29, 0.717) is 21.7 Å². The Morgan fingerprint density at radius 1 is 0.864 bits per heavy atom. The van der Waals surface area contributed by atoms with Crippen molar-refractivity contribution >= 4 is 39.8 Å². The zero-order valence-electron chi connectivity index (χ0n) is 11.3. The molecule has 0 aliphatic carbocycles. The highest BCUT2D eigenvalue weighted by Gasteiger charge is 2.10. The van der Waals surface area contributed by atoms with E-state index in [9.17, 15) is 0 Å². The van der Waals surface area contributed by atoms with Gasteiger partial charge in [-0.1, -0.05) is 35.3 Å². The molecule has 2 heterocycles. The van der Waals surface area contributed by atoms with Gasteiger partial charge in [0.1, 0.15) is 11.3 Å². The smallest absolute Gasteiger partial charge is 0.244 e. The molecule has 2 aromatic heterocycles. The largest absolute Gasteiger partial charge is 0.437 e. The minimum absolute atomic E-state index is 0.450. The van der Waals surface area contributed by atoms with Crippen molar-refractivity contribution in [2.75, 3.05) is 0 Å². The molecule has 0 saturated heterocycles. The van der Waals surface area contributed by atoms with Crippen molar-refractivity contribution in [3.05, 3.63) is 70.8 Å². The summed E-state index contributed by atoms with van der Waals surface area (Å²) in [6.07, 6.45) is 1.99. The van der Waals surface area contributed by atoms with Gasteiger partial charge in [0.15, 0.2) is 0 Å². The van der Waals surface area contributed by atoms with Crippen LogP contribution in [0.3, 0.4) is 0 Å². The Hall–Kier alpha value is -2.23. The van der Waals surface area contributed by atoms with Crippen LogP contribution in [-0.4, -0.2) is 9.38 Å². The summed E-state index contributed by atoms with van der Waals surface area (Å²) in [6.45, 7) is 0. The molecule has 0 saturated carbocycles. The van der Waals surface area contributed by atoms with Crippen molar-refractivity contribution in [2.45, 2.75) is 0 Å². The number of aromatic nitrogens is 2. The maximum Gasteiger partial charge on any atom is 0.244 e. The quantitative estimate of drug-likeness (QED) is 0.479. The van der Waals surface area contributed by atoms with Crippen molar-refractivity contribution in [1.29, 1.82) is 0 Å². The van der Waals surface area contributed by atoms with E-state index >= 15 is 0 Å². The molecule has 0 N–H and O–H groups in total. The average molecular weight is 329 g/mol. The Balaban J connectivity index is 1.89. The van der Waals surface area contributed by atoms with Gasteiger partial charge in [-0.3, -0.25) is 0 Å². The Labute approximate surface area is 136 Å². The maximum atomic E-state index is 6.03. The molecule has 3 nitrogen and oxygen atoms in total. The fourth-order valence-electron chi connectivity index (χ4n) is 2.42. The van der Waals surface area contributed by atoms with Crippen LogP contribution in [0.4, 0.5) is 0 Å². The van der Waals surface area contributed by atoms with Crippen LogP contribution in [0, 0.1) is 0 Å². The number of halogens is 2. The second-order valence-corrected chi connectivity index (χ2v) is 5.66. The zero-order valence-corrected chi connectivity index (χ0v) is 12.8. The molecule has 4 rings (SSSR count). The highest BCUT2D eigenvalue weighted by atomic mass is 35.5. The highest BCUT2D eigenvalue weighted by molar-refractivity contribution is 6.42. The van der Waals surface area contributed by atoms with Gasteiger partial charge in [0, 0.05) is 12.3 Å². The Kier molecular flexibility index (Phi) is 3.17. The molecule has 0 fully saturated rings. The van der Waals surface area contributed by atoms with Crippen molar-refractivity contribution < 1.29 is 4.74 Å². The first-order valence-corrected chi connectivity index (χ1v) is 7.47. The van der Waals surface area contributed by atoms with E-state index < -0.39 is 0 Å². The van der Waals surface area contributed by atoms with Crippen molar-refractivity contribution in [1.82, 2.24) is 9.38 Å². The molecule has 0 aliphatic heterocycles. The number of hydrogen-bond acceptors (Lipinski definition) is 2. The third-order valence-electron chi connectivity index (χ3n) is 3.44. The summed E-state index contributed by atoms with van der Waals surface area (Å²) in [5.74, 6) is 1.13. The molecule has 5 heteroatoms. The second-order valence-electron chi connectivity index (χ2n) is 4.85. The van der Waals surface area contributed by atoms with Crippen LogP contribution in [0.5, 0.6) is 11.6 Å². The van der Waals surface area contributed by atoms with Gasteiger partial charge in [0.05, 0.1) is 21.1 Å².